The first-order chi connectivity index (χ1) is 13.4. The number of hydrogen-bond acceptors (Lipinski definition) is 3. The van der Waals surface area contributed by atoms with E-state index in [2.05, 4.69) is 58.1 Å². The van der Waals surface area contributed by atoms with Crippen molar-refractivity contribution >= 4 is 28.9 Å². The van der Waals surface area contributed by atoms with Crippen LogP contribution in [0.3, 0.4) is 0 Å². The Morgan fingerprint density at radius 2 is 1.52 bits per heavy atom. The molecule has 3 aromatic rings. The second-order valence-electron chi connectivity index (χ2n) is 9.23. The Bertz CT molecular complexity index is 1120. The monoisotopic (exact) mass is 426 g/mol. The second kappa shape index (κ2) is 7.61. The average Bonchev–Trinajstić information content (AvgIpc) is 2.62. The molecule has 0 amide bonds. The molecule has 0 spiro atoms. The Kier molecular flexibility index (Phi) is 5.67. The maximum absolute atomic E-state index is 11.7. The van der Waals surface area contributed by atoms with Crippen LogP contribution in [-0.4, -0.2) is 23.0 Å². The smallest absolute Gasteiger partial charge is 0.250 e. The van der Waals surface area contributed by atoms with Crippen LogP contribution in [0.4, 0.5) is 0 Å². The summed E-state index contributed by atoms with van der Waals surface area (Å²) < 4.78 is 30.3. The molecule has 0 aromatic heterocycles. The largest absolute Gasteiger partial charge is 0.543 e. The normalized spacial score (nSPS) is 12.9. The SMILES string of the molecule is CC(C)(C)[Si](C)(C)Oc1c(Cc2ccc(S(C)(=O)=O)cc2)ccc2ccccc12. The van der Waals surface area contributed by atoms with Gasteiger partial charge in [0.1, 0.15) is 5.75 Å². The van der Waals surface area contributed by atoms with Gasteiger partial charge in [-0.2, -0.15) is 0 Å². The van der Waals surface area contributed by atoms with Gasteiger partial charge in [-0.3, -0.25) is 0 Å². The van der Waals surface area contributed by atoms with Gasteiger partial charge in [-0.05, 0) is 46.8 Å². The van der Waals surface area contributed by atoms with E-state index in [1.165, 1.54) is 6.26 Å². The molecule has 0 heterocycles. The minimum absolute atomic E-state index is 0.0956. The van der Waals surface area contributed by atoms with E-state index < -0.39 is 18.2 Å². The van der Waals surface area contributed by atoms with Crippen molar-refractivity contribution in [1.82, 2.24) is 0 Å². The molecule has 0 N–H and O–H groups in total. The van der Waals surface area contributed by atoms with Gasteiger partial charge < -0.3 is 4.43 Å². The number of sulfone groups is 1. The van der Waals surface area contributed by atoms with Gasteiger partial charge in [-0.25, -0.2) is 8.42 Å². The molecule has 154 valence electrons. The van der Waals surface area contributed by atoms with E-state index in [-0.39, 0.29) is 5.04 Å². The summed E-state index contributed by atoms with van der Waals surface area (Å²) in [6.45, 7) is 11.3. The lowest BCUT2D eigenvalue weighted by Gasteiger charge is -2.37. The van der Waals surface area contributed by atoms with Crippen LogP contribution in [0, 0.1) is 0 Å². The first kappa shape index (κ1) is 21.6. The van der Waals surface area contributed by atoms with Crippen LogP contribution >= 0.6 is 0 Å². The molecule has 0 bridgehead atoms. The Labute approximate surface area is 175 Å². The molecule has 3 nitrogen and oxygen atoms in total. The molecule has 0 radical (unpaired) electrons. The van der Waals surface area contributed by atoms with E-state index in [0.717, 1.165) is 27.6 Å². The molecule has 0 unspecified atom stereocenters. The summed E-state index contributed by atoms with van der Waals surface area (Å²) in [5.41, 5.74) is 2.19. The van der Waals surface area contributed by atoms with Gasteiger partial charge in [0.25, 0.3) is 8.32 Å². The van der Waals surface area contributed by atoms with Crippen molar-refractivity contribution in [3.05, 3.63) is 71.8 Å². The van der Waals surface area contributed by atoms with Crippen molar-refractivity contribution in [2.45, 2.75) is 50.2 Å². The van der Waals surface area contributed by atoms with Gasteiger partial charge >= 0.3 is 0 Å². The fourth-order valence-corrected chi connectivity index (χ4v) is 4.72. The van der Waals surface area contributed by atoms with Crippen LogP contribution < -0.4 is 4.43 Å². The van der Waals surface area contributed by atoms with Crippen LogP contribution in [0.25, 0.3) is 10.8 Å². The number of rotatable bonds is 5. The van der Waals surface area contributed by atoms with E-state index in [1.54, 1.807) is 12.1 Å². The highest BCUT2D eigenvalue weighted by atomic mass is 32.2. The fourth-order valence-electron chi connectivity index (χ4n) is 3.03. The van der Waals surface area contributed by atoms with Gasteiger partial charge in [0.15, 0.2) is 9.84 Å². The number of benzene rings is 3. The molecule has 0 aliphatic carbocycles. The summed E-state index contributed by atoms with van der Waals surface area (Å²) in [5, 5.41) is 2.39. The first-order valence-corrected chi connectivity index (χ1v) is 14.7. The zero-order valence-corrected chi connectivity index (χ0v) is 19.9. The van der Waals surface area contributed by atoms with Crippen molar-refractivity contribution in [3.8, 4) is 5.75 Å². The Balaban J connectivity index is 2.06. The summed E-state index contributed by atoms with van der Waals surface area (Å²) in [5.74, 6) is 0.960. The summed E-state index contributed by atoms with van der Waals surface area (Å²) in [6.07, 6.45) is 1.93. The molecular formula is C24H30O3SSi. The highest BCUT2D eigenvalue weighted by Gasteiger charge is 2.39. The van der Waals surface area contributed by atoms with Gasteiger partial charge in [0.2, 0.25) is 0 Å². The predicted octanol–water partition coefficient (Wildman–Crippen LogP) is 6.22. The van der Waals surface area contributed by atoms with E-state index in [1.807, 2.05) is 24.3 Å². The van der Waals surface area contributed by atoms with Crippen LogP contribution in [0.2, 0.25) is 18.1 Å². The standard InChI is InChI=1S/C24H30O3SSi/c1-24(2,3)29(5,6)27-23-20(14-13-19-9-7-8-10-22(19)23)17-18-11-15-21(16-12-18)28(4,25)26/h7-16H,17H2,1-6H3. The Morgan fingerprint density at radius 3 is 2.10 bits per heavy atom. The summed E-state index contributed by atoms with van der Waals surface area (Å²) in [6, 6.07) is 19.7. The molecular weight excluding hydrogens is 396 g/mol. The first-order valence-electron chi connectivity index (χ1n) is 9.87. The van der Waals surface area contributed by atoms with Gasteiger partial charge in [-0.1, -0.05) is 69.3 Å². The minimum atomic E-state index is -3.19. The third-order valence-corrected chi connectivity index (χ3v) is 11.3. The Morgan fingerprint density at radius 1 is 0.897 bits per heavy atom. The van der Waals surface area contributed by atoms with Crippen LogP contribution in [-0.2, 0) is 16.3 Å². The highest BCUT2D eigenvalue weighted by molar-refractivity contribution is 7.90. The number of hydrogen-bond donors (Lipinski definition) is 0. The molecule has 0 saturated carbocycles. The summed E-state index contributed by atoms with van der Waals surface area (Å²) in [7, 11) is -5.21. The second-order valence-corrected chi connectivity index (χ2v) is 16.0. The van der Waals surface area contributed by atoms with E-state index in [4.69, 9.17) is 4.43 Å². The maximum atomic E-state index is 11.7. The third-order valence-electron chi connectivity index (χ3n) is 5.87. The molecule has 0 aliphatic heterocycles. The average molecular weight is 427 g/mol. The Hall–Kier alpha value is -2.11. The van der Waals surface area contributed by atoms with Crippen LogP contribution in [0.5, 0.6) is 5.75 Å². The lowest BCUT2D eigenvalue weighted by atomic mass is 10.00. The van der Waals surface area contributed by atoms with E-state index >= 15 is 0 Å². The zero-order chi connectivity index (χ0) is 21.4. The summed E-state index contributed by atoms with van der Waals surface area (Å²) in [4.78, 5) is 0.345. The van der Waals surface area contributed by atoms with E-state index in [9.17, 15) is 8.42 Å². The quantitative estimate of drug-likeness (QED) is 0.455. The van der Waals surface area contributed by atoms with Crippen molar-refractivity contribution in [2.24, 2.45) is 0 Å². The molecule has 0 fully saturated rings. The van der Waals surface area contributed by atoms with E-state index in [0.29, 0.717) is 11.3 Å². The molecule has 0 saturated heterocycles. The topological polar surface area (TPSA) is 43.4 Å². The lowest BCUT2D eigenvalue weighted by Crippen LogP contribution is -2.44. The zero-order valence-electron chi connectivity index (χ0n) is 18.1. The van der Waals surface area contributed by atoms with Crippen molar-refractivity contribution in [2.75, 3.05) is 6.26 Å². The molecule has 0 aliphatic rings. The minimum Gasteiger partial charge on any atom is -0.543 e. The molecule has 0 atom stereocenters. The number of fused-ring (bicyclic) bond motifs is 1. The molecule has 29 heavy (non-hydrogen) atoms. The summed E-state index contributed by atoms with van der Waals surface area (Å²) >= 11 is 0. The third kappa shape index (κ3) is 4.73. The van der Waals surface area contributed by atoms with Crippen molar-refractivity contribution in [1.29, 1.82) is 0 Å². The van der Waals surface area contributed by atoms with Crippen LogP contribution in [0.15, 0.2) is 65.6 Å². The highest BCUT2D eigenvalue weighted by Crippen LogP contribution is 2.41. The maximum Gasteiger partial charge on any atom is 0.250 e. The van der Waals surface area contributed by atoms with Crippen molar-refractivity contribution < 1.29 is 12.8 Å². The van der Waals surface area contributed by atoms with Crippen LogP contribution in [0.1, 0.15) is 31.9 Å². The lowest BCUT2D eigenvalue weighted by molar-refractivity contribution is 0.492. The van der Waals surface area contributed by atoms with Gasteiger partial charge in [-0.15, -0.1) is 0 Å². The van der Waals surface area contributed by atoms with Gasteiger partial charge in [0.05, 0.1) is 4.90 Å². The fraction of sp³-hybridized carbons (Fsp3) is 0.333. The van der Waals surface area contributed by atoms with Gasteiger partial charge in [0, 0.05) is 18.1 Å². The predicted molar refractivity (Wildman–Crippen MR) is 124 cm³/mol. The van der Waals surface area contributed by atoms with Crippen molar-refractivity contribution in [3.63, 3.8) is 0 Å². The molecule has 5 heteroatoms. The molecule has 3 rings (SSSR count). The molecule has 3 aromatic carbocycles.